The highest BCUT2D eigenvalue weighted by molar-refractivity contribution is 5.97. The lowest BCUT2D eigenvalue weighted by Gasteiger charge is -2.26. The lowest BCUT2D eigenvalue weighted by molar-refractivity contribution is -0.186. The SMILES string of the molecule is COc1ccc(C2(O)OC(=O)C(C3=COCO3)=C2Cc2ccc(OC)cc2OC)cc1. The Balaban J connectivity index is 1.84. The predicted molar refractivity (Wildman–Crippen MR) is 108 cm³/mol. The Morgan fingerprint density at radius 1 is 1.00 bits per heavy atom. The molecule has 31 heavy (non-hydrogen) atoms. The second kappa shape index (κ2) is 8.23. The highest BCUT2D eigenvalue weighted by atomic mass is 16.7. The highest BCUT2D eigenvalue weighted by Crippen LogP contribution is 2.45. The number of methoxy groups -OCH3 is 3. The molecule has 0 radical (unpaired) electrons. The summed E-state index contributed by atoms with van der Waals surface area (Å²) in [6, 6.07) is 11.9. The Morgan fingerprint density at radius 3 is 2.32 bits per heavy atom. The van der Waals surface area contributed by atoms with Crippen LogP contribution in [-0.2, 0) is 31.2 Å². The van der Waals surface area contributed by atoms with Crippen molar-refractivity contribution in [3.8, 4) is 17.2 Å². The summed E-state index contributed by atoms with van der Waals surface area (Å²) in [5, 5.41) is 11.6. The predicted octanol–water partition coefficient (Wildman–Crippen LogP) is 2.80. The maximum Gasteiger partial charge on any atom is 0.345 e. The molecule has 2 aromatic rings. The van der Waals surface area contributed by atoms with Crippen LogP contribution in [0.2, 0.25) is 0 Å². The van der Waals surface area contributed by atoms with Crippen molar-refractivity contribution in [3.05, 3.63) is 76.8 Å². The van der Waals surface area contributed by atoms with Gasteiger partial charge in [0, 0.05) is 23.6 Å². The van der Waals surface area contributed by atoms with E-state index in [4.69, 9.17) is 28.4 Å². The molecule has 0 amide bonds. The molecule has 0 bridgehead atoms. The second-order valence-corrected chi connectivity index (χ2v) is 6.88. The molecule has 0 saturated carbocycles. The van der Waals surface area contributed by atoms with Crippen molar-refractivity contribution in [1.29, 1.82) is 0 Å². The first-order chi connectivity index (χ1) is 15.0. The molecule has 0 aromatic heterocycles. The number of carbonyl (C=O) groups excluding carboxylic acids is 1. The van der Waals surface area contributed by atoms with Gasteiger partial charge in [-0.1, -0.05) is 6.07 Å². The van der Waals surface area contributed by atoms with Gasteiger partial charge in [-0.05, 0) is 35.9 Å². The first kappa shape index (κ1) is 20.6. The molecular weight excluding hydrogens is 404 g/mol. The van der Waals surface area contributed by atoms with E-state index in [0.717, 1.165) is 5.56 Å². The van der Waals surface area contributed by atoms with Gasteiger partial charge >= 0.3 is 5.97 Å². The van der Waals surface area contributed by atoms with Crippen LogP contribution in [0, 0.1) is 0 Å². The van der Waals surface area contributed by atoms with Crippen LogP contribution >= 0.6 is 0 Å². The molecule has 0 spiro atoms. The minimum absolute atomic E-state index is 0.0216. The van der Waals surface area contributed by atoms with E-state index in [-0.39, 0.29) is 24.5 Å². The fraction of sp³-hybridized carbons (Fsp3) is 0.261. The number of esters is 1. The van der Waals surface area contributed by atoms with E-state index in [1.165, 1.54) is 13.4 Å². The monoisotopic (exact) mass is 426 g/mol. The topological polar surface area (TPSA) is 92.7 Å². The van der Waals surface area contributed by atoms with Gasteiger partial charge in [-0.3, -0.25) is 0 Å². The lowest BCUT2D eigenvalue weighted by atomic mass is 9.89. The molecule has 2 aliphatic heterocycles. The largest absolute Gasteiger partial charge is 0.497 e. The molecule has 0 fully saturated rings. The van der Waals surface area contributed by atoms with Crippen LogP contribution in [0.25, 0.3) is 0 Å². The fourth-order valence-corrected chi connectivity index (χ4v) is 3.61. The average Bonchev–Trinajstić information content (AvgIpc) is 3.40. The van der Waals surface area contributed by atoms with Gasteiger partial charge in [0.05, 0.1) is 21.3 Å². The van der Waals surface area contributed by atoms with Gasteiger partial charge < -0.3 is 33.5 Å². The van der Waals surface area contributed by atoms with Crippen LogP contribution in [0.15, 0.2) is 65.6 Å². The van der Waals surface area contributed by atoms with Crippen LogP contribution in [0.5, 0.6) is 17.2 Å². The molecule has 162 valence electrons. The third-order valence-corrected chi connectivity index (χ3v) is 5.22. The number of carbonyl (C=O) groups is 1. The van der Waals surface area contributed by atoms with Crippen LogP contribution in [0.3, 0.4) is 0 Å². The number of benzene rings is 2. The van der Waals surface area contributed by atoms with Crippen LogP contribution in [0.1, 0.15) is 11.1 Å². The van der Waals surface area contributed by atoms with Crippen molar-refractivity contribution in [2.45, 2.75) is 12.2 Å². The summed E-state index contributed by atoms with van der Waals surface area (Å²) in [6.07, 6.45) is 1.49. The van der Waals surface area contributed by atoms with E-state index < -0.39 is 11.8 Å². The van der Waals surface area contributed by atoms with E-state index in [0.29, 0.717) is 28.4 Å². The Bertz CT molecular complexity index is 1050. The third kappa shape index (κ3) is 3.66. The summed E-state index contributed by atoms with van der Waals surface area (Å²) in [7, 11) is 4.64. The summed E-state index contributed by atoms with van der Waals surface area (Å²) < 4.78 is 32.0. The fourth-order valence-electron chi connectivity index (χ4n) is 3.61. The third-order valence-electron chi connectivity index (χ3n) is 5.22. The Hall–Kier alpha value is -3.65. The highest BCUT2D eigenvalue weighted by Gasteiger charge is 2.50. The Labute approximate surface area is 179 Å². The molecule has 0 saturated heterocycles. The van der Waals surface area contributed by atoms with E-state index in [1.54, 1.807) is 56.7 Å². The van der Waals surface area contributed by atoms with E-state index in [2.05, 4.69) is 0 Å². The van der Waals surface area contributed by atoms with E-state index >= 15 is 0 Å². The maximum atomic E-state index is 12.8. The first-order valence-electron chi connectivity index (χ1n) is 9.50. The molecule has 1 unspecified atom stereocenters. The van der Waals surface area contributed by atoms with Gasteiger partial charge in [0.25, 0.3) is 5.79 Å². The van der Waals surface area contributed by atoms with Gasteiger partial charge in [0.15, 0.2) is 5.76 Å². The molecule has 1 N–H and O–H groups in total. The molecule has 8 nitrogen and oxygen atoms in total. The average molecular weight is 426 g/mol. The minimum Gasteiger partial charge on any atom is -0.497 e. The summed E-state index contributed by atoms with van der Waals surface area (Å²) in [4.78, 5) is 12.8. The van der Waals surface area contributed by atoms with Gasteiger partial charge in [0.2, 0.25) is 6.79 Å². The molecule has 1 atom stereocenters. The second-order valence-electron chi connectivity index (χ2n) is 6.88. The summed E-state index contributed by atoms with van der Waals surface area (Å²) in [5.41, 5.74) is 1.52. The van der Waals surface area contributed by atoms with Gasteiger partial charge in [0.1, 0.15) is 29.1 Å². The minimum atomic E-state index is -2.00. The quantitative estimate of drug-likeness (QED) is 0.676. The zero-order valence-corrected chi connectivity index (χ0v) is 17.3. The smallest absolute Gasteiger partial charge is 0.345 e. The van der Waals surface area contributed by atoms with E-state index in [9.17, 15) is 9.90 Å². The first-order valence-corrected chi connectivity index (χ1v) is 9.50. The van der Waals surface area contributed by atoms with Crippen LogP contribution < -0.4 is 14.2 Å². The molecule has 2 aromatic carbocycles. The summed E-state index contributed by atoms with van der Waals surface area (Å²) >= 11 is 0. The number of rotatable bonds is 7. The number of aliphatic hydroxyl groups is 1. The molecule has 2 heterocycles. The number of ether oxygens (including phenoxy) is 6. The molecule has 0 aliphatic carbocycles. The number of hydrogen-bond acceptors (Lipinski definition) is 8. The van der Waals surface area contributed by atoms with Crippen molar-refractivity contribution in [3.63, 3.8) is 0 Å². The van der Waals surface area contributed by atoms with Crippen LogP contribution in [-0.4, -0.2) is 39.2 Å². The molecular formula is C23H22O8. The zero-order chi connectivity index (χ0) is 22.0. The Morgan fingerprint density at radius 2 is 1.71 bits per heavy atom. The van der Waals surface area contributed by atoms with Gasteiger partial charge in [-0.2, -0.15) is 0 Å². The van der Waals surface area contributed by atoms with Crippen molar-refractivity contribution < 1.29 is 38.3 Å². The summed E-state index contributed by atoms with van der Waals surface area (Å²) in [5.74, 6) is -0.741. The van der Waals surface area contributed by atoms with Crippen molar-refractivity contribution >= 4 is 5.97 Å². The molecule has 8 heteroatoms. The number of hydrogen-bond donors (Lipinski definition) is 1. The van der Waals surface area contributed by atoms with Crippen molar-refractivity contribution in [2.75, 3.05) is 28.1 Å². The van der Waals surface area contributed by atoms with Crippen molar-refractivity contribution in [1.82, 2.24) is 0 Å². The van der Waals surface area contributed by atoms with Crippen LogP contribution in [0.4, 0.5) is 0 Å². The van der Waals surface area contributed by atoms with E-state index in [1.807, 2.05) is 0 Å². The van der Waals surface area contributed by atoms with Gasteiger partial charge in [-0.15, -0.1) is 0 Å². The zero-order valence-electron chi connectivity index (χ0n) is 17.3. The Kier molecular flexibility index (Phi) is 5.48. The van der Waals surface area contributed by atoms with Gasteiger partial charge in [-0.25, -0.2) is 4.79 Å². The molecule has 2 aliphatic rings. The summed E-state index contributed by atoms with van der Waals surface area (Å²) in [6.45, 7) is -0.0216. The lowest BCUT2D eigenvalue weighted by Crippen LogP contribution is -2.29. The van der Waals surface area contributed by atoms with Crippen molar-refractivity contribution in [2.24, 2.45) is 0 Å². The maximum absolute atomic E-state index is 12.8. The molecule has 4 rings (SSSR count). The normalized spacial score (nSPS) is 20.0. The number of cyclic esters (lactones) is 1. The standard InChI is InChI=1S/C23H22O8/c1-26-16-8-5-15(6-9-16)23(25)18(21(22(24)31-23)20-12-29-13-30-20)10-14-4-7-17(27-2)11-19(14)28-3/h4-9,11-12,25H,10,13H2,1-3H3.